The van der Waals surface area contributed by atoms with Crippen LogP contribution >= 0.6 is 0 Å². The Morgan fingerprint density at radius 3 is 2.47 bits per heavy atom. The molecule has 2 N–H and O–H groups in total. The maximum absolute atomic E-state index is 12.9. The summed E-state index contributed by atoms with van der Waals surface area (Å²) in [5.41, 5.74) is 2.09. The number of carbonyl (C=O) groups excluding carboxylic acids is 2. The Labute approximate surface area is 172 Å². The van der Waals surface area contributed by atoms with Gasteiger partial charge in [-0.1, -0.05) is 36.4 Å². The largest absolute Gasteiger partial charge is 0.347 e. The smallest absolute Gasteiger partial charge is 0.270 e. The zero-order valence-corrected chi connectivity index (χ0v) is 16.1. The maximum Gasteiger partial charge on any atom is 0.270 e. The van der Waals surface area contributed by atoms with Crippen LogP contribution in [0.5, 0.6) is 0 Å². The highest BCUT2D eigenvalue weighted by atomic mass is 19.1. The second kappa shape index (κ2) is 9.39. The zero-order chi connectivity index (χ0) is 21.5. The van der Waals surface area contributed by atoms with E-state index in [2.05, 4.69) is 25.4 Å². The lowest BCUT2D eigenvalue weighted by molar-refractivity contribution is -0.117. The molecule has 0 radical (unpaired) electrons. The molecular weight excluding hydrogens is 385 g/mol. The Morgan fingerprint density at radius 1 is 1.10 bits per heavy atom. The van der Waals surface area contributed by atoms with E-state index in [0.717, 1.165) is 11.1 Å². The first-order chi connectivity index (χ1) is 14.5. The van der Waals surface area contributed by atoms with Gasteiger partial charge in [-0.25, -0.2) is 19.2 Å². The highest BCUT2D eigenvalue weighted by molar-refractivity contribution is 5.97. The Balaban J connectivity index is 1.62. The molecule has 0 spiro atoms. The normalized spacial score (nSPS) is 11.2. The molecule has 1 aromatic heterocycles. The molecule has 2 aromatic carbocycles. The van der Waals surface area contributed by atoms with Crippen molar-refractivity contribution in [2.45, 2.75) is 19.4 Å². The van der Waals surface area contributed by atoms with Gasteiger partial charge in [0.15, 0.2) is 5.69 Å². The summed E-state index contributed by atoms with van der Waals surface area (Å²) in [4.78, 5) is 36.1. The average molecular weight is 403 g/mol. The molecule has 0 aliphatic carbocycles. The minimum Gasteiger partial charge on any atom is -0.347 e. The maximum atomic E-state index is 12.9. The first kappa shape index (κ1) is 20.6. The molecule has 150 valence electrons. The van der Waals surface area contributed by atoms with Gasteiger partial charge >= 0.3 is 0 Å². The van der Waals surface area contributed by atoms with Crippen LogP contribution in [-0.2, 0) is 11.3 Å². The number of amides is 2. The molecule has 7 nitrogen and oxygen atoms in total. The van der Waals surface area contributed by atoms with E-state index in [-0.39, 0.29) is 29.8 Å². The number of rotatable bonds is 6. The third-order valence-electron chi connectivity index (χ3n) is 4.43. The minimum atomic E-state index is -0.476. The second-order valence-electron chi connectivity index (χ2n) is 6.51. The molecule has 0 fully saturated rings. The quantitative estimate of drug-likeness (QED) is 0.612. The van der Waals surface area contributed by atoms with E-state index < -0.39 is 11.8 Å². The fourth-order valence-corrected chi connectivity index (χ4v) is 2.65. The fraction of sp³-hybridized carbons (Fsp3) is 0.136. The van der Waals surface area contributed by atoms with Crippen LogP contribution in [-0.4, -0.2) is 21.8 Å². The van der Waals surface area contributed by atoms with Crippen molar-refractivity contribution in [1.82, 2.24) is 15.3 Å². The lowest BCUT2D eigenvalue weighted by atomic mass is 10.00. The topological polar surface area (TPSA) is 88.3 Å². The monoisotopic (exact) mass is 403 g/mol. The van der Waals surface area contributed by atoms with Gasteiger partial charge < -0.3 is 10.6 Å². The molecule has 3 rings (SSSR count). The summed E-state index contributed by atoms with van der Waals surface area (Å²) >= 11 is 0. The van der Waals surface area contributed by atoms with Crippen LogP contribution in [0.4, 0.5) is 15.9 Å². The van der Waals surface area contributed by atoms with Crippen molar-refractivity contribution in [1.29, 1.82) is 0 Å². The van der Waals surface area contributed by atoms with Crippen LogP contribution in [0.1, 0.15) is 34.5 Å². The molecule has 0 saturated heterocycles. The van der Waals surface area contributed by atoms with Crippen molar-refractivity contribution in [3.05, 3.63) is 95.0 Å². The van der Waals surface area contributed by atoms with Crippen LogP contribution in [0.15, 0.2) is 60.9 Å². The van der Waals surface area contributed by atoms with Gasteiger partial charge in [0.1, 0.15) is 23.7 Å². The molecule has 8 heteroatoms. The molecule has 2 amide bonds. The lowest BCUT2D eigenvalue weighted by Crippen LogP contribution is -2.25. The Morgan fingerprint density at radius 2 is 1.80 bits per heavy atom. The van der Waals surface area contributed by atoms with Crippen LogP contribution in [0.2, 0.25) is 0 Å². The van der Waals surface area contributed by atoms with E-state index in [1.807, 2.05) is 0 Å². The zero-order valence-electron chi connectivity index (χ0n) is 16.1. The van der Waals surface area contributed by atoms with Gasteiger partial charge in [-0.15, -0.1) is 0 Å². The Hall–Kier alpha value is -4.12. The molecule has 0 unspecified atom stereocenters. The van der Waals surface area contributed by atoms with Gasteiger partial charge in [0.25, 0.3) is 5.91 Å². The van der Waals surface area contributed by atoms with Crippen LogP contribution < -0.4 is 10.6 Å². The van der Waals surface area contributed by atoms with Crippen molar-refractivity contribution in [2.24, 2.45) is 0 Å². The van der Waals surface area contributed by atoms with Crippen molar-refractivity contribution >= 4 is 23.3 Å². The van der Waals surface area contributed by atoms with Gasteiger partial charge in [0.2, 0.25) is 5.91 Å². The standard InChI is InChI=1S/C22H18FN5O2/c1-14(16-5-9-18(24-2)10-6-16)21(29)28-20-11-19(26-13-27-20)22(30)25-12-15-3-7-17(23)8-4-15/h3-11,13-14H,12H2,1H3,(H,25,30)(H,26,27,28,29)/t14-/m0/s1. The summed E-state index contributed by atoms with van der Waals surface area (Å²) in [5.74, 6) is -1.37. The van der Waals surface area contributed by atoms with Gasteiger partial charge in [-0.2, -0.15) is 0 Å². The summed E-state index contributed by atoms with van der Waals surface area (Å²) in [6.07, 6.45) is 1.19. The van der Waals surface area contributed by atoms with E-state index in [4.69, 9.17) is 6.57 Å². The molecule has 0 bridgehead atoms. The molecule has 0 aliphatic heterocycles. The molecular formula is C22H18FN5O2. The molecule has 3 aromatic rings. The number of anilines is 1. The van der Waals surface area contributed by atoms with Crippen molar-refractivity contribution in [2.75, 3.05) is 5.32 Å². The minimum absolute atomic E-state index is 0.0940. The second-order valence-corrected chi connectivity index (χ2v) is 6.51. The molecule has 0 aliphatic rings. The molecule has 30 heavy (non-hydrogen) atoms. The van der Waals surface area contributed by atoms with Crippen molar-refractivity contribution in [3.63, 3.8) is 0 Å². The molecule has 1 atom stereocenters. The summed E-state index contributed by atoms with van der Waals surface area (Å²) < 4.78 is 12.9. The third-order valence-corrected chi connectivity index (χ3v) is 4.43. The number of nitrogens with zero attached hydrogens (tertiary/aromatic N) is 3. The number of benzene rings is 2. The highest BCUT2D eigenvalue weighted by Gasteiger charge is 2.17. The number of aromatic nitrogens is 2. The van der Waals surface area contributed by atoms with Crippen LogP contribution in [0.3, 0.4) is 0 Å². The van der Waals surface area contributed by atoms with Gasteiger partial charge in [-0.05, 0) is 30.2 Å². The predicted molar refractivity (Wildman–Crippen MR) is 109 cm³/mol. The molecule has 0 saturated carbocycles. The third kappa shape index (κ3) is 5.23. The van der Waals surface area contributed by atoms with Gasteiger partial charge in [0, 0.05) is 12.6 Å². The summed E-state index contributed by atoms with van der Waals surface area (Å²) in [5, 5.41) is 5.36. The fourth-order valence-electron chi connectivity index (χ4n) is 2.65. The molecule has 1 heterocycles. The average Bonchev–Trinajstić information content (AvgIpc) is 2.78. The van der Waals surface area contributed by atoms with Crippen molar-refractivity contribution < 1.29 is 14.0 Å². The predicted octanol–water partition coefficient (Wildman–Crippen LogP) is 3.84. The first-order valence-corrected chi connectivity index (χ1v) is 9.09. The number of nitrogens with one attached hydrogen (secondary N) is 2. The summed E-state index contributed by atoms with van der Waals surface area (Å²) in [7, 11) is 0. The summed E-state index contributed by atoms with van der Waals surface area (Å²) in [6, 6.07) is 13.9. The Kier molecular flexibility index (Phi) is 6.45. The first-order valence-electron chi connectivity index (χ1n) is 9.09. The van der Waals surface area contributed by atoms with Gasteiger partial charge in [-0.3, -0.25) is 9.59 Å². The lowest BCUT2D eigenvalue weighted by Gasteiger charge is -2.12. The Bertz CT molecular complexity index is 1090. The summed E-state index contributed by atoms with van der Waals surface area (Å²) in [6.45, 7) is 8.93. The van der Waals surface area contributed by atoms with E-state index in [1.54, 1.807) is 43.3 Å². The van der Waals surface area contributed by atoms with E-state index in [1.165, 1.54) is 24.5 Å². The number of carbonyl (C=O) groups is 2. The number of hydrogen-bond acceptors (Lipinski definition) is 4. The van der Waals surface area contributed by atoms with Gasteiger partial charge in [0.05, 0.1) is 12.5 Å². The SMILES string of the molecule is [C-]#[N+]c1ccc([C@H](C)C(=O)Nc2cc(C(=O)NCc3ccc(F)cc3)ncn2)cc1. The number of hydrogen-bond donors (Lipinski definition) is 2. The highest BCUT2D eigenvalue weighted by Crippen LogP contribution is 2.21. The van der Waals surface area contributed by atoms with E-state index >= 15 is 0 Å². The van der Waals surface area contributed by atoms with Crippen molar-refractivity contribution in [3.8, 4) is 0 Å². The van der Waals surface area contributed by atoms with Crippen LogP contribution in [0.25, 0.3) is 4.85 Å². The number of halogens is 1. The van der Waals surface area contributed by atoms with Crippen LogP contribution in [0, 0.1) is 12.4 Å². The van der Waals surface area contributed by atoms with E-state index in [0.29, 0.717) is 5.69 Å². The van der Waals surface area contributed by atoms with E-state index in [9.17, 15) is 14.0 Å².